The monoisotopic (exact) mass is 188 g/mol. The summed E-state index contributed by atoms with van der Waals surface area (Å²) in [6, 6.07) is 0. The van der Waals surface area contributed by atoms with Crippen molar-refractivity contribution in [1.82, 2.24) is 0 Å². The molecule has 13 heavy (non-hydrogen) atoms. The maximum absolute atomic E-state index is 5.82. The molecule has 2 bridgehead atoms. The van der Waals surface area contributed by atoms with Crippen molar-refractivity contribution in [3.63, 3.8) is 0 Å². The Kier molecular flexibility index (Phi) is 2.32. The van der Waals surface area contributed by atoms with Crippen LogP contribution in [0.3, 0.4) is 0 Å². The van der Waals surface area contributed by atoms with Crippen molar-refractivity contribution in [1.29, 1.82) is 0 Å². The van der Waals surface area contributed by atoms with E-state index in [1.165, 1.54) is 0 Å². The predicted molar refractivity (Wildman–Crippen MR) is 45.7 cm³/mol. The summed E-state index contributed by atoms with van der Waals surface area (Å²) < 4.78 is 21.9. The summed E-state index contributed by atoms with van der Waals surface area (Å²) in [6.07, 6.45) is 0.191. The standard InChI is InChI=1S/C9H16O4/c1-6-7-8(11-3)9(13-6,4-10-2)5-12-7/h6-8H,4-5H2,1-3H3/t6-,7?,8-,9-/m0/s1. The molecule has 1 unspecified atom stereocenters. The van der Waals surface area contributed by atoms with E-state index in [0.29, 0.717) is 13.2 Å². The number of rotatable bonds is 3. The number of methoxy groups -OCH3 is 2. The zero-order valence-electron chi connectivity index (χ0n) is 8.28. The molecule has 2 fully saturated rings. The lowest BCUT2D eigenvalue weighted by atomic mass is 10.00. The van der Waals surface area contributed by atoms with Crippen LogP contribution in [-0.4, -0.2) is 51.3 Å². The van der Waals surface area contributed by atoms with E-state index in [0.717, 1.165) is 0 Å². The van der Waals surface area contributed by atoms with E-state index in [1.54, 1.807) is 14.2 Å². The minimum atomic E-state index is -0.367. The van der Waals surface area contributed by atoms with Crippen LogP contribution >= 0.6 is 0 Å². The van der Waals surface area contributed by atoms with Gasteiger partial charge in [0.1, 0.15) is 17.8 Å². The highest BCUT2D eigenvalue weighted by molar-refractivity contribution is 5.07. The van der Waals surface area contributed by atoms with Gasteiger partial charge in [0.15, 0.2) is 0 Å². The second-order valence-corrected chi connectivity index (χ2v) is 3.75. The van der Waals surface area contributed by atoms with Crippen LogP contribution < -0.4 is 0 Å². The molecule has 0 spiro atoms. The summed E-state index contributed by atoms with van der Waals surface area (Å²) in [5.41, 5.74) is -0.367. The minimum absolute atomic E-state index is 0.0162. The third kappa shape index (κ3) is 1.21. The van der Waals surface area contributed by atoms with Crippen molar-refractivity contribution in [3.05, 3.63) is 0 Å². The number of hydrogen-bond donors (Lipinski definition) is 0. The molecule has 2 aliphatic heterocycles. The van der Waals surface area contributed by atoms with E-state index < -0.39 is 0 Å². The Morgan fingerprint density at radius 3 is 2.77 bits per heavy atom. The lowest BCUT2D eigenvalue weighted by molar-refractivity contribution is -0.161. The van der Waals surface area contributed by atoms with Crippen molar-refractivity contribution in [2.75, 3.05) is 27.4 Å². The number of ether oxygens (including phenoxy) is 4. The summed E-state index contributed by atoms with van der Waals surface area (Å²) in [4.78, 5) is 0. The fraction of sp³-hybridized carbons (Fsp3) is 1.00. The predicted octanol–water partition coefficient (Wildman–Crippen LogP) is 0.204. The van der Waals surface area contributed by atoms with E-state index in [1.807, 2.05) is 6.92 Å². The molecule has 2 heterocycles. The summed E-state index contributed by atoms with van der Waals surface area (Å²) >= 11 is 0. The third-order valence-corrected chi connectivity index (χ3v) is 2.86. The molecule has 2 aliphatic rings. The first-order chi connectivity index (χ1) is 6.23. The van der Waals surface area contributed by atoms with Crippen molar-refractivity contribution < 1.29 is 18.9 Å². The van der Waals surface area contributed by atoms with Gasteiger partial charge in [-0.25, -0.2) is 0 Å². The van der Waals surface area contributed by atoms with Crippen molar-refractivity contribution in [2.24, 2.45) is 0 Å². The highest BCUT2D eigenvalue weighted by Crippen LogP contribution is 2.41. The van der Waals surface area contributed by atoms with Crippen molar-refractivity contribution in [2.45, 2.75) is 30.8 Å². The smallest absolute Gasteiger partial charge is 0.144 e. The van der Waals surface area contributed by atoms with Gasteiger partial charge < -0.3 is 18.9 Å². The molecule has 4 atom stereocenters. The summed E-state index contributed by atoms with van der Waals surface area (Å²) in [5, 5.41) is 0. The van der Waals surface area contributed by atoms with Crippen LogP contribution in [0.4, 0.5) is 0 Å². The zero-order valence-corrected chi connectivity index (χ0v) is 8.28. The van der Waals surface area contributed by atoms with E-state index in [9.17, 15) is 0 Å². The van der Waals surface area contributed by atoms with Crippen LogP contribution in [0.15, 0.2) is 0 Å². The molecular formula is C9H16O4. The maximum Gasteiger partial charge on any atom is 0.144 e. The molecule has 0 radical (unpaired) electrons. The summed E-state index contributed by atoms with van der Waals surface area (Å²) in [6.45, 7) is 3.12. The van der Waals surface area contributed by atoms with Crippen molar-refractivity contribution in [3.8, 4) is 0 Å². The Hall–Kier alpha value is -0.160. The zero-order chi connectivity index (χ0) is 9.47. The van der Waals surface area contributed by atoms with Gasteiger partial charge in [0.05, 0.1) is 19.3 Å². The van der Waals surface area contributed by atoms with Gasteiger partial charge in [-0.1, -0.05) is 0 Å². The molecular weight excluding hydrogens is 172 g/mol. The Bertz CT molecular complexity index is 196. The van der Waals surface area contributed by atoms with Crippen LogP contribution in [-0.2, 0) is 18.9 Å². The minimum Gasteiger partial charge on any atom is -0.381 e. The molecule has 4 heteroatoms. The van der Waals surface area contributed by atoms with Gasteiger partial charge in [0.25, 0.3) is 0 Å². The molecule has 4 nitrogen and oxygen atoms in total. The van der Waals surface area contributed by atoms with Crippen molar-refractivity contribution >= 4 is 0 Å². The third-order valence-electron chi connectivity index (χ3n) is 2.86. The average Bonchev–Trinajstić information content (AvgIpc) is 2.55. The Morgan fingerprint density at radius 1 is 1.46 bits per heavy atom. The van der Waals surface area contributed by atoms with Crippen LogP contribution in [0.2, 0.25) is 0 Å². The molecule has 0 aliphatic carbocycles. The average molecular weight is 188 g/mol. The fourth-order valence-electron chi connectivity index (χ4n) is 2.38. The van der Waals surface area contributed by atoms with Gasteiger partial charge in [0.2, 0.25) is 0 Å². The lowest BCUT2D eigenvalue weighted by Crippen LogP contribution is -2.45. The van der Waals surface area contributed by atoms with Gasteiger partial charge in [-0.05, 0) is 6.92 Å². The van der Waals surface area contributed by atoms with Gasteiger partial charge >= 0.3 is 0 Å². The van der Waals surface area contributed by atoms with Crippen LogP contribution in [0.1, 0.15) is 6.92 Å². The van der Waals surface area contributed by atoms with E-state index in [-0.39, 0.29) is 23.9 Å². The highest BCUT2D eigenvalue weighted by Gasteiger charge is 2.60. The molecule has 2 rings (SSSR count). The SMILES string of the molecule is COC[C@@]12COC([C@H](C)O1)[C@@H]2OC. The quantitative estimate of drug-likeness (QED) is 0.634. The first kappa shape index (κ1) is 9.40. The summed E-state index contributed by atoms with van der Waals surface area (Å²) in [7, 11) is 3.36. The molecule has 0 amide bonds. The van der Waals surface area contributed by atoms with Gasteiger partial charge in [-0.15, -0.1) is 0 Å². The van der Waals surface area contributed by atoms with Crippen LogP contribution in [0, 0.1) is 0 Å². The molecule has 0 saturated carbocycles. The topological polar surface area (TPSA) is 36.9 Å². The fourth-order valence-corrected chi connectivity index (χ4v) is 2.38. The number of fused-ring (bicyclic) bond motifs is 2. The Morgan fingerprint density at radius 2 is 2.23 bits per heavy atom. The largest absolute Gasteiger partial charge is 0.381 e. The first-order valence-corrected chi connectivity index (χ1v) is 4.54. The number of hydrogen-bond acceptors (Lipinski definition) is 4. The molecule has 2 saturated heterocycles. The summed E-state index contributed by atoms with van der Waals surface area (Å²) in [5.74, 6) is 0. The second-order valence-electron chi connectivity index (χ2n) is 3.75. The van der Waals surface area contributed by atoms with E-state index in [2.05, 4.69) is 0 Å². The van der Waals surface area contributed by atoms with E-state index >= 15 is 0 Å². The molecule has 0 aromatic carbocycles. The second kappa shape index (κ2) is 3.20. The molecule has 0 aromatic heterocycles. The first-order valence-electron chi connectivity index (χ1n) is 4.54. The van der Waals surface area contributed by atoms with Gasteiger partial charge in [-0.3, -0.25) is 0 Å². The van der Waals surface area contributed by atoms with Crippen LogP contribution in [0.25, 0.3) is 0 Å². The highest BCUT2D eigenvalue weighted by atomic mass is 16.7. The molecule has 76 valence electrons. The van der Waals surface area contributed by atoms with Gasteiger partial charge in [0, 0.05) is 14.2 Å². The van der Waals surface area contributed by atoms with Gasteiger partial charge in [-0.2, -0.15) is 0 Å². The normalized spacial score (nSPS) is 48.7. The lowest BCUT2D eigenvalue weighted by Gasteiger charge is -2.29. The molecule has 0 aromatic rings. The molecule has 0 N–H and O–H groups in total. The Balaban J connectivity index is 2.17. The van der Waals surface area contributed by atoms with Crippen LogP contribution in [0.5, 0.6) is 0 Å². The maximum atomic E-state index is 5.82. The Labute approximate surface area is 78.1 Å². The van der Waals surface area contributed by atoms with E-state index in [4.69, 9.17) is 18.9 Å².